The third kappa shape index (κ3) is 5.28. The van der Waals surface area contributed by atoms with Gasteiger partial charge in [-0.15, -0.1) is 0 Å². The molecule has 0 saturated carbocycles. The van der Waals surface area contributed by atoms with Crippen molar-refractivity contribution in [2.24, 2.45) is 0 Å². The number of hydrogen-bond donors (Lipinski definition) is 1. The minimum absolute atomic E-state index is 0.0489. The first-order chi connectivity index (χ1) is 13.5. The van der Waals surface area contributed by atoms with Gasteiger partial charge in [-0.25, -0.2) is 0 Å². The van der Waals surface area contributed by atoms with E-state index in [4.69, 9.17) is 21.1 Å². The quantitative estimate of drug-likeness (QED) is 0.631. The van der Waals surface area contributed by atoms with Gasteiger partial charge in [0.2, 0.25) is 5.91 Å². The van der Waals surface area contributed by atoms with Crippen molar-refractivity contribution in [3.8, 4) is 5.75 Å². The molecule has 2 aromatic rings. The highest BCUT2D eigenvalue weighted by Gasteiger charge is 2.34. The molecular formula is C22H25BrClNO3. The molecule has 3 rings (SSSR count). The normalized spacial score (nSPS) is 15.8. The molecule has 1 saturated heterocycles. The van der Waals surface area contributed by atoms with Crippen LogP contribution < -0.4 is 10.1 Å². The van der Waals surface area contributed by atoms with Crippen molar-refractivity contribution in [3.05, 3.63) is 63.1 Å². The molecule has 28 heavy (non-hydrogen) atoms. The fourth-order valence-electron chi connectivity index (χ4n) is 3.63. The Morgan fingerprint density at radius 1 is 1.25 bits per heavy atom. The summed E-state index contributed by atoms with van der Waals surface area (Å²) in [4.78, 5) is 12.5. The zero-order chi connectivity index (χ0) is 20.0. The van der Waals surface area contributed by atoms with E-state index in [9.17, 15) is 4.79 Å². The summed E-state index contributed by atoms with van der Waals surface area (Å²) in [7, 11) is 1.59. The predicted molar refractivity (Wildman–Crippen MR) is 115 cm³/mol. The van der Waals surface area contributed by atoms with E-state index in [1.165, 1.54) is 5.56 Å². The average molecular weight is 467 g/mol. The van der Waals surface area contributed by atoms with Gasteiger partial charge >= 0.3 is 0 Å². The maximum atomic E-state index is 12.5. The van der Waals surface area contributed by atoms with E-state index in [0.717, 1.165) is 22.9 Å². The molecule has 2 aromatic carbocycles. The van der Waals surface area contributed by atoms with Gasteiger partial charge in [0.05, 0.1) is 12.1 Å². The minimum Gasteiger partial charge on any atom is -0.495 e. The number of hydrogen-bond acceptors (Lipinski definition) is 3. The lowest BCUT2D eigenvalue weighted by molar-refractivity contribution is -0.121. The van der Waals surface area contributed by atoms with Crippen LogP contribution in [0.5, 0.6) is 5.75 Å². The van der Waals surface area contributed by atoms with Gasteiger partial charge in [-0.3, -0.25) is 4.79 Å². The first-order valence-electron chi connectivity index (χ1n) is 9.45. The molecule has 4 nitrogen and oxygen atoms in total. The number of nitrogens with one attached hydrogen (secondary N) is 1. The Labute approximate surface area is 179 Å². The van der Waals surface area contributed by atoms with Gasteiger partial charge in [-0.2, -0.15) is 0 Å². The maximum Gasteiger partial charge on any atom is 0.220 e. The summed E-state index contributed by atoms with van der Waals surface area (Å²) < 4.78 is 11.8. The highest BCUT2D eigenvalue weighted by atomic mass is 79.9. The standard InChI is InChI=1S/C22H25BrClNO3/c1-27-20-7-5-16(13-19(20)24)6-8-21(26)25-15-22(9-11-28-12-10-22)17-3-2-4-18(23)14-17/h2-5,7,13-14H,6,8-12,15H2,1H3,(H,25,26). The Balaban J connectivity index is 1.60. The largest absolute Gasteiger partial charge is 0.495 e. The van der Waals surface area contributed by atoms with E-state index in [-0.39, 0.29) is 11.3 Å². The highest BCUT2D eigenvalue weighted by molar-refractivity contribution is 9.10. The van der Waals surface area contributed by atoms with Crippen molar-refractivity contribution < 1.29 is 14.3 Å². The van der Waals surface area contributed by atoms with Crippen molar-refractivity contribution in [3.63, 3.8) is 0 Å². The minimum atomic E-state index is -0.0822. The summed E-state index contributed by atoms with van der Waals surface area (Å²) in [6.07, 6.45) is 2.87. The number of ether oxygens (including phenoxy) is 2. The molecule has 1 aliphatic rings. The SMILES string of the molecule is COc1ccc(CCC(=O)NCC2(c3cccc(Br)c3)CCOCC2)cc1Cl. The van der Waals surface area contributed by atoms with E-state index in [0.29, 0.717) is 43.4 Å². The third-order valence-electron chi connectivity index (χ3n) is 5.37. The number of carbonyl (C=O) groups excluding carboxylic acids is 1. The highest BCUT2D eigenvalue weighted by Crippen LogP contribution is 2.35. The van der Waals surface area contributed by atoms with Crippen LogP contribution >= 0.6 is 27.5 Å². The number of amides is 1. The van der Waals surface area contributed by atoms with Crippen molar-refractivity contribution >= 4 is 33.4 Å². The number of aryl methyl sites for hydroxylation is 1. The second kappa shape index (κ2) is 9.77. The molecule has 1 aliphatic heterocycles. The van der Waals surface area contributed by atoms with Crippen molar-refractivity contribution in [1.29, 1.82) is 0 Å². The molecule has 0 radical (unpaired) electrons. The van der Waals surface area contributed by atoms with E-state index in [1.807, 2.05) is 30.3 Å². The summed E-state index contributed by atoms with van der Waals surface area (Å²) >= 11 is 9.73. The van der Waals surface area contributed by atoms with Crippen LogP contribution in [0.4, 0.5) is 0 Å². The van der Waals surface area contributed by atoms with Crippen LogP contribution in [0.1, 0.15) is 30.4 Å². The van der Waals surface area contributed by atoms with Crippen LogP contribution in [-0.4, -0.2) is 32.8 Å². The molecule has 1 heterocycles. The summed E-state index contributed by atoms with van der Waals surface area (Å²) in [6, 6.07) is 14.0. The molecule has 0 aliphatic carbocycles. The Morgan fingerprint density at radius 2 is 2.04 bits per heavy atom. The van der Waals surface area contributed by atoms with Crippen molar-refractivity contribution in [1.82, 2.24) is 5.32 Å². The van der Waals surface area contributed by atoms with Gasteiger partial charge in [0.25, 0.3) is 0 Å². The summed E-state index contributed by atoms with van der Waals surface area (Å²) in [6.45, 7) is 2.05. The predicted octanol–water partition coefficient (Wildman–Crippen LogP) is 4.91. The zero-order valence-electron chi connectivity index (χ0n) is 16.0. The monoisotopic (exact) mass is 465 g/mol. The fourth-order valence-corrected chi connectivity index (χ4v) is 4.31. The number of rotatable bonds is 7. The Hall–Kier alpha value is -1.56. The number of methoxy groups -OCH3 is 1. The molecule has 0 aromatic heterocycles. The van der Waals surface area contributed by atoms with Gasteiger partial charge in [0.15, 0.2) is 0 Å². The molecular weight excluding hydrogens is 442 g/mol. The number of benzene rings is 2. The lowest BCUT2D eigenvalue weighted by Gasteiger charge is -2.38. The van der Waals surface area contributed by atoms with Crippen LogP contribution in [0, 0.1) is 0 Å². The molecule has 6 heteroatoms. The lowest BCUT2D eigenvalue weighted by Crippen LogP contribution is -2.44. The Morgan fingerprint density at radius 3 is 2.71 bits per heavy atom. The lowest BCUT2D eigenvalue weighted by atomic mass is 9.74. The van der Waals surface area contributed by atoms with E-state index in [2.05, 4.69) is 33.4 Å². The van der Waals surface area contributed by atoms with Crippen molar-refractivity contribution in [2.45, 2.75) is 31.1 Å². The second-order valence-corrected chi connectivity index (χ2v) is 8.47. The molecule has 150 valence electrons. The first-order valence-corrected chi connectivity index (χ1v) is 10.6. The van der Waals surface area contributed by atoms with Crippen LogP contribution in [-0.2, 0) is 21.4 Å². The van der Waals surface area contributed by atoms with Crippen LogP contribution in [0.2, 0.25) is 5.02 Å². The Kier molecular flexibility index (Phi) is 7.38. The van der Waals surface area contributed by atoms with Crippen LogP contribution in [0.15, 0.2) is 46.9 Å². The van der Waals surface area contributed by atoms with Gasteiger partial charge in [-0.1, -0.05) is 45.7 Å². The molecule has 1 N–H and O–H groups in total. The summed E-state index contributed by atoms with van der Waals surface area (Å²) in [5, 5.41) is 3.72. The van der Waals surface area contributed by atoms with Gasteiger partial charge in [-0.05, 0) is 54.7 Å². The zero-order valence-corrected chi connectivity index (χ0v) is 18.3. The van der Waals surface area contributed by atoms with E-state index >= 15 is 0 Å². The van der Waals surface area contributed by atoms with E-state index in [1.54, 1.807) is 7.11 Å². The smallest absolute Gasteiger partial charge is 0.220 e. The molecule has 0 spiro atoms. The van der Waals surface area contributed by atoms with E-state index < -0.39 is 0 Å². The summed E-state index contributed by atoms with van der Waals surface area (Å²) in [5.74, 6) is 0.693. The second-order valence-electron chi connectivity index (χ2n) is 7.15. The third-order valence-corrected chi connectivity index (χ3v) is 6.16. The topological polar surface area (TPSA) is 47.6 Å². The van der Waals surface area contributed by atoms with Crippen LogP contribution in [0.25, 0.3) is 0 Å². The fraction of sp³-hybridized carbons (Fsp3) is 0.409. The Bertz CT molecular complexity index is 821. The molecule has 0 bridgehead atoms. The van der Waals surface area contributed by atoms with Gasteiger partial charge < -0.3 is 14.8 Å². The molecule has 0 atom stereocenters. The van der Waals surface area contributed by atoms with Crippen LogP contribution in [0.3, 0.4) is 0 Å². The van der Waals surface area contributed by atoms with Gasteiger partial charge in [0, 0.05) is 36.1 Å². The van der Waals surface area contributed by atoms with Gasteiger partial charge in [0.1, 0.15) is 5.75 Å². The van der Waals surface area contributed by atoms with Crippen molar-refractivity contribution in [2.75, 3.05) is 26.9 Å². The number of carbonyl (C=O) groups is 1. The average Bonchev–Trinajstić information content (AvgIpc) is 2.71. The molecule has 1 amide bonds. The first kappa shape index (κ1) is 21.2. The molecule has 1 fully saturated rings. The maximum absolute atomic E-state index is 12.5. The number of halogens is 2. The summed E-state index contributed by atoms with van der Waals surface area (Å²) in [5.41, 5.74) is 2.18. The molecule has 0 unspecified atom stereocenters.